The molecule has 7 heteroatoms. The van der Waals surface area contributed by atoms with Crippen LogP contribution in [0.2, 0.25) is 0 Å². The van der Waals surface area contributed by atoms with E-state index in [4.69, 9.17) is 9.47 Å². The van der Waals surface area contributed by atoms with E-state index in [2.05, 4.69) is 34.1 Å². The third-order valence-electron chi connectivity index (χ3n) is 6.37. The van der Waals surface area contributed by atoms with E-state index >= 15 is 0 Å². The zero-order valence-corrected chi connectivity index (χ0v) is 19.6. The van der Waals surface area contributed by atoms with E-state index in [1.165, 1.54) is 24.6 Å². The average Bonchev–Trinajstić information content (AvgIpc) is 2.96. The number of carbonyl (C=O) groups is 1. The molecule has 2 atom stereocenters. The van der Waals surface area contributed by atoms with Crippen LogP contribution in [0.3, 0.4) is 0 Å². The molecule has 1 N–H and O–H groups in total. The lowest BCUT2D eigenvalue weighted by Crippen LogP contribution is -2.50. The summed E-state index contributed by atoms with van der Waals surface area (Å²) in [5.41, 5.74) is 2.36. The summed E-state index contributed by atoms with van der Waals surface area (Å²) in [6.07, 6.45) is 0.384. The number of aliphatic hydroxyl groups excluding tert-OH is 1. The molecule has 1 saturated heterocycles. The Bertz CT molecular complexity index is 917. The molecule has 172 valence electrons. The summed E-state index contributed by atoms with van der Waals surface area (Å²) in [5.74, 6) is 0.323. The van der Waals surface area contributed by atoms with Crippen LogP contribution in [-0.4, -0.2) is 73.3 Å². The first-order valence-corrected chi connectivity index (χ1v) is 12.0. The van der Waals surface area contributed by atoms with Gasteiger partial charge in [-0.2, -0.15) is 0 Å². The first-order chi connectivity index (χ1) is 15.5. The van der Waals surface area contributed by atoms with Crippen LogP contribution < -0.4 is 9.64 Å². The first-order valence-electron chi connectivity index (χ1n) is 11.2. The number of fused-ring (bicyclic) bond motifs is 1. The molecule has 2 aliphatic heterocycles. The van der Waals surface area contributed by atoms with E-state index in [-0.39, 0.29) is 12.6 Å². The van der Waals surface area contributed by atoms with E-state index in [1.54, 1.807) is 0 Å². The monoisotopic (exact) mass is 456 g/mol. The van der Waals surface area contributed by atoms with Crippen molar-refractivity contribution in [3.63, 3.8) is 0 Å². The van der Waals surface area contributed by atoms with Crippen LogP contribution in [0.4, 0.5) is 5.69 Å². The molecule has 0 aromatic heterocycles. The fraction of sp³-hybridized carbons (Fsp3) is 0.480. The van der Waals surface area contributed by atoms with E-state index in [1.807, 2.05) is 31.2 Å². The van der Waals surface area contributed by atoms with Gasteiger partial charge in [-0.25, -0.2) is 0 Å². The van der Waals surface area contributed by atoms with Crippen LogP contribution in [0, 0.1) is 6.92 Å². The Morgan fingerprint density at radius 3 is 2.66 bits per heavy atom. The Balaban J connectivity index is 1.40. The maximum Gasteiger partial charge on any atom is 0.325 e. The Kier molecular flexibility index (Phi) is 7.28. The number of nitrogens with zero attached hydrogens (tertiary/aromatic N) is 2. The van der Waals surface area contributed by atoms with Gasteiger partial charge in [0.25, 0.3) is 0 Å². The number of esters is 1. The van der Waals surface area contributed by atoms with Crippen LogP contribution in [0.1, 0.15) is 18.4 Å². The number of ether oxygens (including phenoxy) is 2. The number of thioether (sulfide) groups is 1. The topological polar surface area (TPSA) is 62.2 Å². The number of rotatable bonds is 6. The minimum absolute atomic E-state index is 0.0773. The van der Waals surface area contributed by atoms with Gasteiger partial charge in [0.15, 0.2) is 0 Å². The van der Waals surface area contributed by atoms with E-state index in [9.17, 15) is 9.90 Å². The highest BCUT2D eigenvalue weighted by atomic mass is 32.2. The fourth-order valence-corrected chi connectivity index (χ4v) is 5.97. The number of carbonyl (C=O) groups excluding carboxylic acids is 1. The third kappa shape index (κ3) is 4.90. The lowest BCUT2D eigenvalue weighted by atomic mass is 9.95. The number of hydrogen-bond donors (Lipinski definition) is 1. The highest BCUT2D eigenvalue weighted by Gasteiger charge is 2.49. The zero-order valence-electron chi connectivity index (χ0n) is 18.8. The second-order valence-corrected chi connectivity index (χ2v) is 9.90. The number of hydrogen-bond acceptors (Lipinski definition) is 7. The second kappa shape index (κ2) is 10.1. The molecule has 0 amide bonds. The van der Waals surface area contributed by atoms with Crippen molar-refractivity contribution < 1.29 is 19.4 Å². The van der Waals surface area contributed by atoms with Gasteiger partial charge >= 0.3 is 5.97 Å². The summed E-state index contributed by atoms with van der Waals surface area (Å²) < 4.78 is 9.93. The van der Waals surface area contributed by atoms with Gasteiger partial charge in [0.2, 0.25) is 0 Å². The molecule has 0 radical (unpaired) electrons. The van der Waals surface area contributed by atoms with Gasteiger partial charge < -0.3 is 19.5 Å². The van der Waals surface area contributed by atoms with Crippen molar-refractivity contribution in [1.29, 1.82) is 0 Å². The van der Waals surface area contributed by atoms with Crippen molar-refractivity contribution in [2.45, 2.75) is 35.5 Å². The lowest BCUT2D eigenvalue weighted by Gasteiger charge is -2.37. The summed E-state index contributed by atoms with van der Waals surface area (Å²) >= 11 is 1.39. The number of para-hydroxylation sites is 1. The predicted octanol–water partition coefficient (Wildman–Crippen LogP) is 3.35. The van der Waals surface area contributed by atoms with Gasteiger partial charge in [0.1, 0.15) is 23.2 Å². The van der Waals surface area contributed by atoms with E-state index < -0.39 is 10.9 Å². The van der Waals surface area contributed by atoms with Gasteiger partial charge in [-0.15, -0.1) is 11.8 Å². The first kappa shape index (κ1) is 23.0. The van der Waals surface area contributed by atoms with E-state index in [0.717, 1.165) is 49.6 Å². The largest absolute Gasteiger partial charge is 0.490 e. The van der Waals surface area contributed by atoms with Crippen molar-refractivity contribution in [2.75, 3.05) is 51.3 Å². The molecule has 6 nitrogen and oxygen atoms in total. The molecule has 0 unspecified atom stereocenters. The van der Waals surface area contributed by atoms with Crippen LogP contribution in [0.5, 0.6) is 5.75 Å². The molecule has 2 heterocycles. The zero-order chi connectivity index (χ0) is 22.6. The molecule has 0 saturated carbocycles. The second-order valence-electron chi connectivity index (χ2n) is 8.53. The van der Waals surface area contributed by atoms with Crippen LogP contribution in [0.25, 0.3) is 0 Å². The quantitative estimate of drug-likeness (QED) is 0.669. The third-order valence-corrected chi connectivity index (χ3v) is 7.92. The van der Waals surface area contributed by atoms with Gasteiger partial charge in [-0.3, -0.25) is 9.69 Å². The number of piperazine rings is 1. The van der Waals surface area contributed by atoms with E-state index in [0.29, 0.717) is 12.2 Å². The summed E-state index contributed by atoms with van der Waals surface area (Å²) in [6.45, 7) is 6.93. The summed E-state index contributed by atoms with van der Waals surface area (Å²) in [4.78, 5) is 18.7. The van der Waals surface area contributed by atoms with Crippen LogP contribution in [-0.2, 0) is 9.53 Å². The van der Waals surface area contributed by atoms with Gasteiger partial charge in [-0.1, -0.05) is 24.3 Å². The summed E-state index contributed by atoms with van der Waals surface area (Å²) in [7, 11) is 1.39. The molecule has 2 aliphatic rings. The Morgan fingerprint density at radius 2 is 1.94 bits per heavy atom. The molecular weight excluding hydrogens is 424 g/mol. The number of methoxy groups -OCH3 is 1. The standard InChI is InChI=1S/C25H32N2O4S/c1-19-9-10-21-22(17-19)32-25(24(29)30-2,23(28)18-31-21)11-6-12-26-13-15-27(16-14-26)20-7-4-3-5-8-20/h3-5,7-10,17,23,28H,6,11-16,18H2,1-2H3/t23-,25+/m0/s1. The smallest absolute Gasteiger partial charge is 0.325 e. The van der Waals surface area contributed by atoms with Crippen molar-refractivity contribution in [2.24, 2.45) is 0 Å². The van der Waals surface area contributed by atoms with Crippen molar-refractivity contribution >= 4 is 23.4 Å². The number of benzene rings is 2. The maximum absolute atomic E-state index is 12.9. The number of aryl methyl sites for hydroxylation is 1. The molecule has 0 spiro atoms. The van der Waals surface area contributed by atoms with Gasteiger partial charge in [0, 0.05) is 31.9 Å². The van der Waals surface area contributed by atoms with Crippen LogP contribution >= 0.6 is 11.8 Å². The van der Waals surface area contributed by atoms with Crippen molar-refractivity contribution in [3.05, 3.63) is 54.1 Å². The molecule has 0 bridgehead atoms. The molecule has 32 heavy (non-hydrogen) atoms. The van der Waals surface area contributed by atoms with Gasteiger partial charge in [0.05, 0.1) is 12.0 Å². The highest BCUT2D eigenvalue weighted by Crippen LogP contribution is 2.46. The van der Waals surface area contributed by atoms with Crippen LogP contribution in [0.15, 0.2) is 53.4 Å². The molecule has 0 aliphatic carbocycles. The number of aliphatic hydroxyl groups is 1. The average molecular weight is 457 g/mol. The SMILES string of the molecule is COC(=O)[C@]1(CCCN2CCN(c3ccccc3)CC2)Sc2cc(C)ccc2OC[C@@H]1O. The Labute approximate surface area is 194 Å². The van der Waals surface area contributed by atoms with Crippen molar-refractivity contribution in [3.8, 4) is 5.75 Å². The maximum atomic E-state index is 12.9. The highest BCUT2D eigenvalue weighted by molar-refractivity contribution is 8.01. The minimum atomic E-state index is -1.07. The number of anilines is 1. The molecule has 1 fully saturated rings. The molecule has 2 aromatic carbocycles. The lowest BCUT2D eigenvalue weighted by molar-refractivity contribution is -0.147. The Hall–Kier alpha value is -2.22. The summed E-state index contributed by atoms with van der Waals surface area (Å²) in [5, 5.41) is 11.0. The Morgan fingerprint density at radius 1 is 1.19 bits per heavy atom. The minimum Gasteiger partial charge on any atom is -0.490 e. The predicted molar refractivity (Wildman–Crippen MR) is 128 cm³/mol. The molecular formula is C25H32N2O4S. The molecule has 4 rings (SSSR count). The molecule has 2 aromatic rings. The fourth-order valence-electron chi connectivity index (χ4n) is 4.49. The summed E-state index contributed by atoms with van der Waals surface area (Å²) in [6, 6.07) is 16.4. The van der Waals surface area contributed by atoms with Gasteiger partial charge in [-0.05, 0) is 56.1 Å². The normalized spacial score (nSPS) is 23.7. The van der Waals surface area contributed by atoms with Crippen molar-refractivity contribution in [1.82, 2.24) is 4.90 Å².